The van der Waals surface area contributed by atoms with Gasteiger partial charge in [-0.3, -0.25) is 0 Å². The molecule has 0 bridgehead atoms. The topological polar surface area (TPSA) is 13.1 Å². The third-order valence-electron chi connectivity index (χ3n) is 10.5. The lowest BCUT2D eigenvalue weighted by Crippen LogP contribution is -2.23. The van der Waals surface area contributed by atoms with Crippen LogP contribution in [0.5, 0.6) is 0 Å². The molecular weight excluding hydrogens is 544 g/mol. The zero-order valence-corrected chi connectivity index (χ0v) is 24.5. The smallest absolute Gasteiger partial charge is 0.135 e. The van der Waals surface area contributed by atoms with E-state index in [-0.39, 0.29) is 0 Å². The van der Waals surface area contributed by atoms with Crippen LogP contribution in [0.3, 0.4) is 0 Å². The van der Waals surface area contributed by atoms with E-state index in [9.17, 15) is 0 Å². The molecule has 8 aromatic carbocycles. The van der Waals surface area contributed by atoms with Gasteiger partial charge in [-0.2, -0.15) is 0 Å². The van der Waals surface area contributed by atoms with Gasteiger partial charge in [0.05, 0.1) is 0 Å². The van der Waals surface area contributed by atoms with Crippen molar-refractivity contribution in [2.45, 2.75) is 12.3 Å². The summed E-state index contributed by atoms with van der Waals surface area (Å²) < 4.78 is 6.40. The van der Waals surface area contributed by atoms with E-state index in [4.69, 9.17) is 4.42 Å². The number of rotatable bonds is 2. The van der Waals surface area contributed by atoms with Crippen molar-refractivity contribution in [1.29, 1.82) is 0 Å². The lowest BCUT2D eigenvalue weighted by atomic mass is 9.80. The maximum Gasteiger partial charge on any atom is 0.135 e. The second kappa shape index (κ2) is 8.49. The highest BCUT2D eigenvalue weighted by Crippen LogP contribution is 2.41. The predicted molar refractivity (Wildman–Crippen MR) is 190 cm³/mol. The molecule has 208 valence electrons. The molecule has 1 heteroatoms. The molecule has 0 aliphatic heterocycles. The Balaban J connectivity index is 1.13. The Morgan fingerprint density at radius 2 is 1.18 bits per heavy atom. The Kier molecular flexibility index (Phi) is 4.48. The first-order valence-corrected chi connectivity index (χ1v) is 15.9. The Morgan fingerprint density at radius 3 is 1.98 bits per heavy atom. The van der Waals surface area contributed by atoms with Crippen LogP contribution >= 0.6 is 0 Å². The van der Waals surface area contributed by atoms with Crippen molar-refractivity contribution in [1.82, 2.24) is 0 Å². The molecule has 0 spiro atoms. The van der Waals surface area contributed by atoms with Gasteiger partial charge in [-0.25, -0.2) is 0 Å². The summed E-state index contributed by atoms with van der Waals surface area (Å²) in [5.41, 5.74) is 8.34. The fourth-order valence-corrected chi connectivity index (χ4v) is 8.43. The van der Waals surface area contributed by atoms with Crippen molar-refractivity contribution < 1.29 is 4.42 Å². The van der Waals surface area contributed by atoms with Crippen molar-refractivity contribution in [3.05, 3.63) is 143 Å². The van der Waals surface area contributed by atoms with Gasteiger partial charge in [-0.05, 0) is 112 Å². The highest BCUT2D eigenvalue weighted by atomic mass is 16.3. The van der Waals surface area contributed by atoms with Crippen LogP contribution in [-0.4, -0.2) is 0 Å². The Morgan fingerprint density at radius 1 is 0.533 bits per heavy atom. The minimum Gasteiger partial charge on any atom is -0.456 e. The lowest BCUT2D eigenvalue weighted by Gasteiger charge is -2.23. The average Bonchev–Trinajstić information content (AvgIpc) is 3.46. The maximum absolute atomic E-state index is 6.40. The molecule has 0 N–H and O–H groups in total. The van der Waals surface area contributed by atoms with Crippen LogP contribution in [0, 0.1) is 0 Å². The predicted octanol–water partition coefficient (Wildman–Crippen LogP) is 10.6. The van der Waals surface area contributed by atoms with Crippen molar-refractivity contribution in [2.24, 2.45) is 0 Å². The van der Waals surface area contributed by atoms with Crippen LogP contribution in [-0.2, 0) is 0 Å². The summed E-state index contributed by atoms with van der Waals surface area (Å²) in [7, 11) is 0. The van der Waals surface area contributed by atoms with Crippen LogP contribution in [0.25, 0.3) is 99.4 Å². The van der Waals surface area contributed by atoms with Gasteiger partial charge in [0.25, 0.3) is 0 Å². The van der Waals surface area contributed by atoms with E-state index in [1.165, 1.54) is 81.3 Å². The van der Waals surface area contributed by atoms with E-state index >= 15 is 0 Å². The van der Waals surface area contributed by atoms with Crippen molar-refractivity contribution in [2.75, 3.05) is 0 Å². The molecule has 1 aromatic heterocycles. The monoisotopic (exact) mass is 570 g/mol. The van der Waals surface area contributed by atoms with Gasteiger partial charge in [0.15, 0.2) is 0 Å². The molecule has 1 atom stereocenters. The molecule has 2 aliphatic rings. The number of hydrogen-bond donors (Lipinski definition) is 0. The fraction of sp³-hybridized carbons (Fsp3) is 0.0455. The van der Waals surface area contributed by atoms with Crippen LogP contribution in [0.4, 0.5) is 0 Å². The quantitative estimate of drug-likeness (QED) is 0.188. The van der Waals surface area contributed by atoms with Gasteiger partial charge < -0.3 is 4.42 Å². The molecule has 0 fully saturated rings. The van der Waals surface area contributed by atoms with Gasteiger partial charge in [-0.15, -0.1) is 0 Å². The zero-order valence-electron chi connectivity index (χ0n) is 24.5. The first kappa shape index (κ1) is 23.8. The van der Waals surface area contributed by atoms with Crippen molar-refractivity contribution >= 4 is 77.2 Å². The summed E-state index contributed by atoms with van der Waals surface area (Å²) in [6, 6.07) is 42.8. The highest BCUT2D eigenvalue weighted by molar-refractivity contribution is 6.25. The van der Waals surface area contributed by atoms with Crippen molar-refractivity contribution in [3.63, 3.8) is 0 Å². The average molecular weight is 571 g/mol. The van der Waals surface area contributed by atoms with Gasteiger partial charge in [0.2, 0.25) is 0 Å². The normalized spacial score (nSPS) is 15.5. The summed E-state index contributed by atoms with van der Waals surface area (Å²) in [6.07, 6.45) is 10.3. The molecule has 1 nitrogen and oxygen atoms in total. The molecule has 1 unspecified atom stereocenters. The molecule has 0 amide bonds. The number of furan rings is 1. The largest absolute Gasteiger partial charge is 0.456 e. The van der Waals surface area contributed by atoms with Crippen LogP contribution in [0.2, 0.25) is 0 Å². The summed E-state index contributed by atoms with van der Waals surface area (Å²) in [4.78, 5) is 0. The maximum atomic E-state index is 6.40. The minimum absolute atomic E-state index is 0.468. The number of allylic oxidation sites excluding steroid dienone is 2. The summed E-state index contributed by atoms with van der Waals surface area (Å²) in [5.74, 6) is 0.468. The molecular formula is C44H26O. The van der Waals surface area contributed by atoms with Crippen molar-refractivity contribution in [3.8, 4) is 22.3 Å². The minimum atomic E-state index is 0.468. The number of fused-ring (bicyclic) bond motifs is 3. The molecule has 9 aromatic rings. The molecule has 0 radical (unpaired) electrons. The first-order valence-electron chi connectivity index (χ1n) is 15.9. The number of hydrogen-bond acceptors (Lipinski definition) is 1. The van der Waals surface area contributed by atoms with Gasteiger partial charge in [0, 0.05) is 16.7 Å². The van der Waals surface area contributed by atoms with E-state index in [2.05, 4.69) is 140 Å². The molecule has 2 aliphatic carbocycles. The third-order valence-corrected chi connectivity index (χ3v) is 10.5. The Bertz CT molecular complexity index is 2880. The van der Waals surface area contributed by atoms with E-state index in [0.717, 1.165) is 28.4 Å². The molecule has 1 heterocycles. The summed E-state index contributed by atoms with van der Waals surface area (Å²) >= 11 is 0. The second-order valence-corrected chi connectivity index (χ2v) is 12.8. The van der Waals surface area contributed by atoms with Gasteiger partial charge in [-0.1, -0.05) is 115 Å². The molecule has 45 heavy (non-hydrogen) atoms. The summed E-state index contributed by atoms with van der Waals surface area (Å²) in [6.45, 7) is 0. The van der Waals surface area contributed by atoms with Gasteiger partial charge in [0.1, 0.15) is 11.2 Å². The van der Waals surface area contributed by atoms with E-state index < -0.39 is 0 Å². The van der Waals surface area contributed by atoms with E-state index in [1.807, 2.05) is 0 Å². The van der Waals surface area contributed by atoms with E-state index in [1.54, 1.807) is 0 Å². The standard InChI is InChI=1S/C44H26O/c1-3-25-7-9-29-11-17-33(35-19-13-27(5-1)41(25)43(29)35)31-15-21-39-37(23-31)38-24-32(16-22-40(38)45-39)34-18-12-30-10-8-26-4-2-6-28-14-20-36(34)44(30)42(26)28/h1-13,15-24,28H,14H2. The second-order valence-electron chi connectivity index (χ2n) is 12.8. The SMILES string of the molecule is C1=CC2CC=c3c(-c4ccc5oc6ccc(-c7ccc8ccc9cccc%10ccc7c8c9%10)cc6c5c4)ccc4ccc(c2c34)=C1. The van der Waals surface area contributed by atoms with E-state index in [0.29, 0.717) is 5.92 Å². The molecule has 11 rings (SSSR count). The Labute approximate surface area is 259 Å². The van der Waals surface area contributed by atoms with Crippen LogP contribution in [0.15, 0.2) is 132 Å². The van der Waals surface area contributed by atoms with Gasteiger partial charge >= 0.3 is 0 Å². The highest BCUT2D eigenvalue weighted by Gasteiger charge is 2.21. The lowest BCUT2D eigenvalue weighted by molar-refractivity contribution is 0.669. The third kappa shape index (κ3) is 3.17. The Hall–Kier alpha value is -5.66. The number of benzene rings is 8. The zero-order chi connectivity index (χ0) is 29.2. The molecule has 0 saturated heterocycles. The van der Waals surface area contributed by atoms with Crippen LogP contribution < -0.4 is 10.4 Å². The summed E-state index contributed by atoms with van der Waals surface area (Å²) in [5, 5.41) is 15.7. The van der Waals surface area contributed by atoms with Crippen LogP contribution in [0.1, 0.15) is 17.9 Å². The first-order chi connectivity index (χ1) is 22.3. The molecule has 0 saturated carbocycles. The fourth-order valence-electron chi connectivity index (χ4n) is 8.43.